The number of aliphatic hydroxyl groups excluding tert-OH is 1. The van der Waals surface area contributed by atoms with Crippen molar-refractivity contribution in [1.82, 2.24) is 4.90 Å². The van der Waals surface area contributed by atoms with Gasteiger partial charge in [-0.15, -0.1) is 0 Å². The third-order valence-electron chi connectivity index (χ3n) is 6.36. The van der Waals surface area contributed by atoms with E-state index in [1.54, 1.807) is 18.2 Å². The van der Waals surface area contributed by atoms with E-state index < -0.39 is 12.1 Å². The molecule has 33 heavy (non-hydrogen) atoms. The molecule has 1 saturated heterocycles. The number of carbonyl (C=O) groups is 2. The van der Waals surface area contributed by atoms with E-state index in [1.807, 2.05) is 18.2 Å². The molecule has 2 aromatic carbocycles. The number of esters is 1. The van der Waals surface area contributed by atoms with Gasteiger partial charge in [0.05, 0.1) is 13.2 Å². The summed E-state index contributed by atoms with van der Waals surface area (Å²) in [5, 5.41) is 18.4. The number of fused-ring (bicyclic) bond motifs is 1. The van der Waals surface area contributed by atoms with Gasteiger partial charge in [0.2, 0.25) is 0 Å². The van der Waals surface area contributed by atoms with Crippen LogP contribution >= 0.6 is 11.6 Å². The minimum atomic E-state index is -0.534. The van der Waals surface area contributed by atoms with Crippen LogP contribution in [0.1, 0.15) is 28.8 Å². The van der Waals surface area contributed by atoms with Gasteiger partial charge in [-0.3, -0.25) is 4.79 Å². The van der Waals surface area contributed by atoms with E-state index in [2.05, 4.69) is 17.0 Å². The number of hydrogen-bond acceptors (Lipinski definition) is 6. The van der Waals surface area contributed by atoms with E-state index in [-0.39, 0.29) is 12.6 Å². The molecule has 2 aromatic rings. The summed E-state index contributed by atoms with van der Waals surface area (Å²) in [5.74, 6) is 1.03. The Balaban J connectivity index is 0.000000968. The number of carboxylic acid groups (broad SMARTS) is 1. The molecule has 4 atom stereocenters. The molecule has 1 heterocycles. The summed E-state index contributed by atoms with van der Waals surface area (Å²) in [6.07, 6.45) is 1.67. The molecule has 2 fully saturated rings. The second kappa shape index (κ2) is 12.0. The highest BCUT2D eigenvalue weighted by Crippen LogP contribution is 2.38. The highest BCUT2D eigenvalue weighted by molar-refractivity contribution is 6.30. The third-order valence-corrected chi connectivity index (χ3v) is 6.61. The maximum atomic E-state index is 12.0. The van der Waals surface area contributed by atoms with E-state index in [1.165, 1.54) is 12.7 Å². The smallest absolute Gasteiger partial charge is 0.341 e. The Morgan fingerprint density at radius 1 is 1.12 bits per heavy atom. The lowest BCUT2D eigenvalue weighted by atomic mass is 9.78. The van der Waals surface area contributed by atoms with Crippen LogP contribution in [0.2, 0.25) is 5.02 Å². The van der Waals surface area contributed by atoms with E-state index in [4.69, 9.17) is 31.0 Å². The van der Waals surface area contributed by atoms with Gasteiger partial charge in [-0.05, 0) is 60.9 Å². The van der Waals surface area contributed by atoms with Gasteiger partial charge in [-0.2, -0.15) is 0 Å². The molecule has 0 bridgehead atoms. The van der Waals surface area contributed by atoms with Gasteiger partial charge in [0, 0.05) is 24.7 Å². The molecular weight excluding hydrogens is 446 g/mol. The number of nitrogens with zero attached hydrogens (tertiary/aromatic N) is 1. The van der Waals surface area contributed by atoms with Crippen LogP contribution in [0, 0.1) is 11.8 Å². The van der Waals surface area contributed by atoms with Crippen LogP contribution in [0.15, 0.2) is 48.5 Å². The zero-order valence-electron chi connectivity index (χ0n) is 18.6. The number of para-hydroxylation sites is 1. The summed E-state index contributed by atoms with van der Waals surface area (Å²) in [4.78, 5) is 22.9. The molecule has 0 spiro atoms. The van der Waals surface area contributed by atoms with Crippen LogP contribution in [0.3, 0.4) is 0 Å². The van der Waals surface area contributed by atoms with Crippen molar-refractivity contribution < 1.29 is 29.3 Å². The first kappa shape index (κ1) is 25.0. The van der Waals surface area contributed by atoms with E-state index in [9.17, 15) is 9.90 Å². The minimum absolute atomic E-state index is 0.250. The van der Waals surface area contributed by atoms with E-state index in [0.29, 0.717) is 23.1 Å². The number of ether oxygens (including phenoxy) is 2. The van der Waals surface area contributed by atoms with Crippen molar-refractivity contribution in [2.24, 2.45) is 11.8 Å². The maximum Gasteiger partial charge on any atom is 0.341 e. The molecule has 2 aliphatic rings. The quantitative estimate of drug-likeness (QED) is 0.487. The zero-order valence-corrected chi connectivity index (χ0v) is 19.4. The number of benzene rings is 2. The zero-order chi connectivity index (χ0) is 23.8. The molecule has 0 aromatic heterocycles. The highest BCUT2D eigenvalue weighted by Gasteiger charge is 2.42. The average molecular weight is 476 g/mol. The molecule has 0 radical (unpaired) electrons. The van der Waals surface area contributed by atoms with Crippen molar-refractivity contribution in [3.8, 4) is 5.75 Å². The molecule has 1 aliphatic heterocycles. The van der Waals surface area contributed by atoms with Crippen molar-refractivity contribution >= 4 is 24.0 Å². The van der Waals surface area contributed by atoms with Crippen molar-refractivity contribution in [2.75, 3.05) is 26.7 Å². The normalized spacial score (nSPS) is 24.2. The van der Waals surface area contributed by atoms with E-state index in [0.717, 1.165) is 43.9 Å². The maximum absolute atomic E-state index is 12.0. The number of aliphatic hydroxyl groups is 1. The van der Waals surface area contributed by atoms with Gasteiger partial charge in [0.15, 0.2) is 0 Å². The lowest BCUT2D eigenvalue weighted by Gasteiger charge is -2.35. The Labute approximate surface area is 198 Å². The molecule has 0 amide bonds. The summed E-state index contributed by atoms with van der Waals surface area (Å²) < 4.78 is 11.0. The highest BCUT2D eigenvalue weighted by atomic mass is 35.5. The number of rotatable bonds is 6. The fraction of sp³-hybridized carbons (Fsp3) is 0.440. The van der Waals surface area contributed by atoms with Gasteiger partial charge in [-0.25, -0.2) is 4.79 Å². The van der Waals surface area contributed by atoms with Gasteiger partial charge >= 0.3 is 5.97 Å². The molecule has 8 heteroatoms. The van der Waals surface area contributed by atoms with E-state index >= 15 is 0 Å². The van der Waals surface area contributed by atoms with Crippen molar-refractivity contribution in [3.05, 3.63) is 64.7 Å². The molecular formula is C25H30ClNO6. The second-order valence-electron chi connectivity index (χ2n) is 8.44. The standard InChI is InChI=1S/C24H28ClNO4.CH2O2/c1-29-24(28)20-4-2-3-5-22(20)30-23-13-18-15-26(14-17(18)12-21(23)27)11-10-16-6-8-19(25)9-7-16;2-1-3/h2-9,17-18,21,23,27H,10-15H2,1H3;1H,(H,2,3)/t17-,18+,21+,23+;/m0./s1. The Morgan fingerprint density at radius 2 is 1.76 bits per heavy atom. The van der Waals surface area contributed by atoms with Crippen LogP contribution in [-0.4, -0.2) is 66.5 Å². The van der Waals surface area contributed by atoms with Crippen molar-refractivity contribution in [2.45, 2.75) is 31.5 Å². The molecule has 1 saturated carbocycles. The first-order chi connectivity index (χ1) is 15.9. The number of halogens is 1. The predicted molar refractivity (Wildman–Crippen MR) is 125 cm³/mol. The molecule has 178 valence electrons. The largest absolute Gasteiger partial charge is 0.487 e. The number of likely N-dealkylation sites (tertiary alicyclic amines) is 1. The number of hydrogen-bond donors (Lipinski definition) is 2. The van der Waals surface area contributed by atoms with Crippen LogP contribution in [0.4, 0.5) is 0 Å². The summed E-state index contributed by atoms with van der Waals surface area (Å²) in [7, 11) is 1.36. The summed E-state index contributed by atoms with van der Waals surface area (Å²) in [6.45, 7) is 2.78. The summed E-state index contributed by atoms with van der Waals surface area (Å²) >= 11 is 5.97. The third kappa shape index (κ3) is 6.69. The van der Waals surface area contributed by atoms with Crippen LogP contribution in [0.25, 0.3) is 0 Å². The molecule has 4 rings (SSSR count). The SMILES string of the molecule is COC(=O)c1ccccc1O[C@@H]1C[C@@H]2CN(CCc3ccc(Cl)cc3)C[C@@H]2C[C@H]1O.O=CO. The van der Waals surface area contributed by atoms with Crippen molar-refractivity contribution in [1.29, 1.82) is 0 Å². The Morgan fingerprint density at radius 3 is 2.42 bits per heavy atom. The summed E-state index contributed by atoms with van der Waals surface area (Å²) in [6, 6.07) is 15.1. The average Bonchev–Trinajstić information content (AvgIpc) is 3.21. The van der Waals surface area contributed by atoms with Crippen LogP contribution in [-0.2, 0) is 16.0 Å². The topological polar surface area (TPSA) is 96.3 Å². The Kier molecular flexibility index (Phi) is 9.11. The first-order valence-corrected chi connectivity index (χ1v) is 11.4. The molecule has 2 N–H and O–H groups in total. The first-order valence-electron chi connectivity index (χ1n) is 11.0. The Hall–Kier alpha value is -2.61. The predicted octanol–water partition coefficient (Wildman–Crippen LogP) is 3.52. The number of carbonyl (C=O) groups excluding carboxylic acids is 1. The molecule has 7 nitrogen and oxygen atoms in total. The molecule has 0 unspecified atom stereocenters. The molecule has 1 aliphatic carbocycles. The summed E-state index contributed by atoms with van der Waals surface area (Å²) in [5.41, 5.74) is 1.68. The van der Waals surface area contributed by atoms with Crippen molar-refractivity contribution in [3.63, 3.8) is 0 Å². The lowest BCUT2D eigenvalue weighted by molar-refractivity contribution is -0.122. The van der Waals surface area contributed by atoms with Gasteiger partial charge in [0.25, 0.3) is 6.47 Å². The van der Waals surface area contributed by atoms with Gasteiger partial charge in [-0.1, -0.05) is 35.9 Å². The van der Waals surface area contributed by atoms with Gasteiger partial charge in [0.1, 0.15) is 17.4 Å². The fourth-order valence-corrected chi connectivity index (χ4v) is 4.87. The monoisotopic (exact) mass is 475 g/mol. The second-order valence-corrected chi connectivity index (χ2v) is 8.88. The van der Waals surface area contributed by atoms with Gasteiger partial charge < -0.3 is 24.6 Å². The number of methoxy groups -OCH3 is 1. The van der Waals surface area contributed by atoms with Crippen LogP contribution in [0.5, 0.6) is 5.75 Å². The fourth-order valence-electron chi connectivity index (χ4n) is 4.75. The lowest BCUT2D eigenvalue weighted by Crippen LogP contribution is -2.42. The Bertz CT molecular complexity index is 921. The van der Waals surface area contributed by atoms with Crippen LogP contribution < -0.4 is 4.74 Å². The minimum Gasteiger partial charge on any atom is -0.487 e.